The van der Waals surface area contributed by atoms with Crippen LogP contribution in [0.1, 0.15) is 24.0 Å². The number of carbonyl (C=O) groups is 1. The summed E-state index contributed by atoms with van der Waals surface area (Å²) in [5.74, 6) is -0.506. The summed E-state index contributed by atoms with van der Waals surface area (Å²) < 4.78 is 27.6. The Hall–Kier alpha value is -1.60. The summed E-state index contributed by atoms with van der Waals surface area (Å²) in [4.78, 5) is 14.7. The van der Waals surface area contributed by atoms with Crippen molar-refractivity contribution >= 4 is 44.8 Å². The van der Waals surface area contributed by atoms with E-state index in [0.717, 1.165) is 16.8 Å². The third-order valence-electron chi connectivity index (χ3n) is 5.45. The molecule has 8 heteroatoms. The van der Waals surface area contributed by atoms with Crippen molar-refractivity contribution in [2.45, 2.75) is 31.6 Å². The van der Waals surface area contributed by atoms with E-state index in [1.54, 1.807) is 18.0 Å². The Morgan fingerprint density at radius 3 is 2.52 bits per heavy atom. The van der Waals surface area contributed by atoms with Gasteiger partial charge in [0.1, 0.15) is 4.90 Å². The normalized spacial score (nSPS) is 17.9. The number of sulfonamides is 1. The zero-order valence-electron chi connectivity index (χ0n) is 16.7. The van der Waals surface area contributed by atoms with E-state index < -0.39 is 15.9 Å². The first-order valence-corrected chi connectivity index (χ1v) is 11.6. The van der Waals surface area contributed by atoms with Gasteiger partial charge >= 0.3 is 0 Å². The van der Waals surface area contributed by atoms with E-state index >= 15 is 0 Å². The number of amides is 1. The molecular weight excluding hydrogens is 431 g/mol. The zero-order chi connectivity index (χ0) is 21.3. The first-order valence-electron chi connectivity index (χ1n) is 9.41. The Labute approximate surface area is 182 Å². The average molecular weight is 455 g/mol. The largest absolute Gasteiger partial charge is 0.315 e. The highest BCUT2D eigenvalue weighted by molar-refractivity contribution is 7.89. The van der Waals surface area contributed by atoms with Crippen LogP contribution in [-0.4, -0.2) is 38.8 Å². The maximum Gasteiger partial charge on any atom is 0.244 e. The summed E-state index contributed by atoms with van der Waals surface area (Å²) >= 11 is 12.1. The van der Waals surface area contributed by atoms with Crippen molar-refractivity contribution in [3.63, 3.8) is 0 Å². The van der Waals surface area contributed by atoms with Crippen LogP contribution >= 0.6 is 23.2 Å². The van der Waals surface area contributed by atoms with Crippen LogP contribution in [0.25, 0.3) is 0 Å². The van der Waals surface area contributed by atoms with Gasteiger partial charge in [0.15, 0.2) is 0 Å². The molecule has 1 heterocycles. The van der Waals surface area contributed by atoms with Gasteiger partial charge in [0, 0.05) is 30.8 Å². The minimum Gasteiger partial charge on any atom is -0.315 e. The molecule has 3 rings (SSSR count). The fourth-order valence-corrected chi connectivity index (χ4v) is 5.77. The SMILES string of the molecule is Cc1ccc(N(C)C(=O)[C@@H]2CCCN(S(=O)(=O)c3cc(Cl)ccc3Cl)C2)cc1C. The highest BCUT2D eigenvalue weighted by Gasteiger charge is 2.35. The molecule has 29 heavy (non-hydrogen) atoms. The first-order chi connectivity index (χ1) is 13.6. The predicted molar refractivity (Wildman–Crippen MR) is 117 cm³/mol. The smallest absolute Gasteiger partial charge is 0.244 e. The molecule has 0 spiro atoms. The van der Waals surface area contributed by atoms with E-state index in [4.69, 9.17) is 23.2 Å². The van der Waals surface area contributed by atoms with Crippen LogP contribution in [-0.2, 0) is 14.8 Å². The standard InChI is InChI=1S/C21H24Cl2N2O3S/c1-14-6-8-18(11-15(14)2)24(3)21(26)16-5-4-10-25(13-16)29(27,28)20-12-17(22)7-9-19(20)23/h6-9,11-12,16H,4-5,10,13H2,1-3H3/t16-/m1/s1. The molecule has 1 aliphatic rings. The summed E-state index contributed by atoms with van der Waals surface area (Å²) in [6, 6.07) is 10.2. The average Bonchev–Trinajstić information content (AvgIpc) is 2.70. The molecule has 0 bridgehead atoms. The maximum absolute atomic E-state index is 13.1. The predicted octanol–water partition coefficient (Wildman–Crippen LogP) is 4.67. The van der Waals surface area contributed by atoms with Crippen molar-refractivity contribution in [2.24, 2.45) is 5.92 Å². The van der Waals surface area contributed by atoms with Crippen LogP contribution in [0.15, 0.2) is 41.3 Å². The number of anilines is 1. The molecule has 1 amide bonds. The molecule has 1 atom stereocenters. The zero-order valence-corrected chi connectivity index (χ0v) is 19.0. The van der Waals surface area contributed by atoms with E-state index in [0.29, 0.717) is 24.4 Å². The third-order valence-corrected chi connectivity index (χ3v) is 8.03. The highest BCUT2D eigenvalue weighted by atomic mass is 35.5. The Morgan fingerprint density at radius 2 is 1.83 bits per heavy atom. The molecule has 156 valence electrons. The summed E-state index contributed by atoms with van der Waals surface area (Å²) in [6.45, 7) is 4.49. The number of halogens is 2. The van der Waals surface area contributed by atoms with Crippen molar-refractivity contribution < 1.29 is 13.2 Å². The number of aryl methyl sites for hydroxylation is 2. The molecule has 5 nitrogen and oxygen atoms in total. The van der Waals surface area contributed by atoms with Gasteiger partial charge in [-0.05, 0) is 68.1 Å². The number of rotatable bonds is 4. The summed E-state index contributed by atoms with van der Waals surface area (Å²) in [7, 11) is -2.11. The van der Waals surface area contributed by atoms with E-state index in [2.05, 4.69) is 0 Å². The minimum atomic E-state index is -3.84. The van der Waals surface area contributed by atoms with Crippen LogP contribution < -0.4 is 4.90 Å². The van der Waals surface area contributed by atoms with Crippen molar-refractivity contribution in [1.29, 1.82) is 0 Å². The van der Waals surface area contributed by atoms with Gasteiger partial charge < -0.3 is 4.90 Å². The second kappa shape index (κ2) is 8.64. The van der Waals surface area contributed by atoms with Crippen LogP contribution in [0.4, 0.5) is 5.69 Å². The summed E-state index contributed by atoms with van der Waals surface area (Å²) in [5, 5.41) is 0.419. The molecular formula is C21H24Cl2N2O3S. The lowest BCUT2D eigenvalue weighted by atomic mass is 9.98. The summed E-state index contributed by atoms with van der Waals surface area (Å²) in [6.07, 6.45) is 1.25. The van der Waals surface area contributed by atoms with Crippen molar-refractivity contribution in [1.82, 2.24) is 4.31 Å². The van der Waals surface area contributed by atoms with Gasteiger partial charge in [-0.25, -0.2) is 8.42 Å². The maximum atomic E-state index is 13.1. The number of hydrogen-bond acceptors (Lipinski definition) is 3. The van der Waals surface area contributed by atoms with Gasteiger partial charge in [0.2, 0.25) is 15.9 Å². The third kappa shape index (κ3) is 4.61. The Bertz CT molecular complexity index is 1040. The van der Waals surface area contributed by atoms with E-state index in [1.165, 1.54) is 16.4 Å². The number of hydrogen-bond donors (Lipinski definition) is 0. The highest BCUT2D eigenvalue weighted by Crippen LogP contribution is 2.31. The Morgan fingerprint density at radius 1 is 1.10 bits per heavy atom. The molecule has 0 radical (unpaired) electrons. The summed E-state index contributed by atoms with van der Waals surface area (Å²) in [5.41, 5.74) is 3.06. The lowest BCUT2D eigenvalue weighted by Crippen LogP contribution is -2.46. The van der Waals surface area contributed by atoms with Crippen LogP contribution in [0.5, 0.6) is 0 Å². The lowest BCUT2D eigenvalue weighted by Gasteiger charge is -2.33. The minimum absolute atomic E-state index is 0.0257. The molecule has 2 aromatic rings. The Kier molecular flexibility index (Phi) is 6.58. The number of piperidine rings is 1. The van der Waals surface area contributed by atoms with Crippen molar-refractivity contribution in [3.8, 4) is 0 Å². The number of nitrogens with zero attached hydrogens (tertiary/aromatic N) is 2. The topological polar surface area (TPSA) is 57.7 Å². The van der Waals surface area contributed by atoms with Crippen molar-refractivity contribution in [3.05, 3.63) is 57.6 Å². The molecule has 0 N–H and O–H groups in total. The fourth-order valence-electron chi connectivity index (χ4n) is 3.51. The lowest BCUT2D eigenvalue weighted by molar-refractivity contribution is -0.123. The van der Waals surface area contributed by atoms with Crippen LogP contribution in [0.2, 0.25) is 10.0 Å². The van der Waals surface area contributed by atoms with Gasteiger partial charge in [0.05, 0.1) is 10.9 Å². The van der Waals surface area contributed by atoms with Gasteiger partial charge in [-0.15, -0.1) is 0 Å². The molecule has 0 aliphatic carbocycles. The van der Waals surface area contributed by atoms with Crippen molar-refractivity contribution in [2.75, 3.05) is 25.0 Å². The number of benzene rings is 2. The Balaban J connectivity index is 1.81. The van der Waals surface area contributed by atoms with E-state index in [-0.39, 0.29) is 22.4 Å². The molecule has 1 fully saturated rings. The van der Waals surface area contributed by atoms with Gasteiger partial charge in [0.25, 0.3) is 0 Å². The van der Waals surface area contributed by atoms with E-state index in [1.807, 2.05) is 32.0 Å². The van der Waals surface area contributed by atoms with Gasteiger partial charge in [-0.3, -0.25) is 4.79 Å². The quantitative estimate of drug-likeness (QED) is 0.673. The van der Waals surface area contributed by atoms with Gasteiger partial charge in [-0.2, -0.15) is 4.31 Å². The molecule has 2 aromatic carbocycles. The number of carbonyl (C=O) groups excluding carboxylic acids is 1. The van der Waals surface area contributed by atoms with Crippen LogP contribution in [0.3, 0.4) is 0 Å². The molecule has 1 aliphatic heterocycles. The molecule has 1 saturated heterocycles. The molecule has 0 unspecified atom stereocenters. The molecule has 0 aromatic heterocycles. The second-order valence-electron chi connectivity index (χ2n) is 7.44. The van der Waals surface area contributed by atoms with Gasteiger partial charge in [-0.1, -0.05) is 29.3 Å². The monoisotopic (exact) mass is 454 g/mol. The van der Waals surface area contributed by atoms with Crippen LogP contribution in [0, 0.1) is 19.8 Å². The molecule has 0 saturated carbocycles. The second-order valence-corrected chi connectivity index (χ2v) is 10.2. The van der Waals surface area contributed by atoms with E-state index in [9.17, 15) is 13.2 Å². The fraction of sp³-hybridized carbons (Fsp3) is 0.381. The first kappa shape index (κ1) is 22.1.